The standard InChI is InChI=1S/C65H54N14O6/c1-77-35-66-32-54(77)63(82)74-43-19-10-6-15-39(43)60-48-26-24-46(69-48)59(38-14-5-9-18-42(38)73-57(80)22-13-23-58(81)85-4)47-25-27-49(70-47)61(40-16-7-11-20-44(40)75-64(83)55-33-67-36-78(55)2)51-29-31-53(72-51)62(52-30-28-50(60)71-52)41-17-8-12-21-45(41)76-65(84)56-34-68-37-79(56)3/h5-12,14-21,24-37,69,72H,13,22-23H2,1-4H3,(H,73,80)(H,74,82)(H,75,83)(H,76,84). The summed E-state index contributed by atoms with van der Waals surface area (Å²) in [6, 6.07) is 37.7. The van der Waals surface area contributed by atoms with Crippen molar-refractivity contribution in [2.75, 3.05) is 28.4 Å². The normalized spacial score (nSPS) is 11.6. The molecule has 85 heavy (non-hydrogen) atoms. The van der Waals surface area contributed by atoms with Gasteiger partial charge in [-0.1, -0.05) is 72.8 Å². The molecule has 0 aliphatic carbocycles. The quantitative estimate of drug-likeness (QED) is 0.0526. The third kappa shape index (κ3) is 10.8. The number of carbonyl (C=O) groups excluding carboxylic acids is 5. The summed E-state index contributed by atoms with van der Waals surface area (Å²) >= 11 is 0. The van der Waals surface area contributed by atoms with Gasteiger partial charge in [0.25, 0.3) is 17.7 Å². The average molecular weight is 1130 g/mol. The van der Waals surface area contributed by atoms with Crippen molar-refractivity contribution in [2.24, 2.45) is 21.1 Å². The second-order valence-electron chi connectivity index (χ2n) is 20.2. The highest BCUT2D eigenvalue weighted by Gasteiger charge is 2.25. The monoisotopic (exact) mass is 1130 g/mol. The van der Waals surface area contributed by atoms with Crippen LogP contribution >= 0.6 is 0 Å². The van der Waals surface area contributed by atoms with Crippen LogP contribution in [-0.2, 0) is 35.5 Å². The molecule has 8 heterocycles. The van der Waals surface area contributed by atoms with E-state index in [1.54, 1.807) is 53.8 Å². The van der Waals surface area contributed by atoms with Crippen molar-refractivity contribution in [3.05, 3.63) is 199 Å². The topological polar surface area (TPSA) is 254 Å². The van der Waals surface area contributed by atoms with E-state index in [1.807, 2.05) is 146 Å². The molecule has 0 saturated heterocycles. The molecular weight excluding hydrogens is 1070 g/mol. The molecule has 0 unspecified atom stereocenters. The van der Waals surface area contributed by atoms with Crippen LogP contribution in [-0.4, -0.2) is 85.3 Å². The van der Waals surface area contributed by atoms with Crippen molar-refractivity contribution in [3.8, 4) is 44.5 Å². The summed E-state index contributed by atoms with van der Waals surface area (Å²) in [7, 11) is 6.57. The number of hydrogen-bond donors (Lipinski definition) is 6. The molecular formula is C65H54N14O6. The first kappa shape index (κ1) is 54.1. The molecule has 0 atom stereocenters. The third-order valence-corrected chi connectivity index (χ3v) is 14.7. The Morgan fingerprint density at radius 1 is 0.424 bits per heavy atom. The molecule has 2 aliphatic heterocycles. The zero-order valence-corrected chi connectivity index (χ0v) is 46.5. The number of H-pyrrole nitrogens is 2. The first-order valence-electron chi connectivity index (χ1n) is 27.1. The number of aromatic nitrogens is 10. The molecule has 20 nitrogen and oxygen atoms in total. The van der Waals surface area contributed by atoms with Crippen LogP contribution in [0, 0.1) is 0 Å². The highest BCUT2D eigenvalue weighted by molar-refractivity contribution is 6.11. The highest BCUT2D eigenvalue weighted by atomic mass is 16.5. The largest absolute Gasteiger partial charge is 0.469 e. The summed E-state index contributed by atoms with van der Waals surface area (Å²) in [4.78, 5) is 99.1. The van der Waals surface area contributed by atoms with Crippen LogP contribution in [0.3, 0.4) is 0 Å². The number of para-hydroxylation sites is 4. The van der Waals surface area contributed by atoms with Crippen LogP contribution in [0.5, 0.6) is 0 Å². The number of nitrogens with one attached hydrogen (secondary N) is 6. The Balaban J connectivity index is 1.16. The minimum atomic E-state index is -0.408. The van der Waals surface area contributed by atoms with E-state index in [2.05, 4.69) is 46.2 Å². The van der Waals surface area contributed by atoms with Crippen molar-refractivity contribution in [3.63, 3.8) is 0 Å². The van der Waals surface area contributed by atoms with Crippen LogP contribution in [0.25, 0.3) is 90.9 Å². The van der Waals surface area contributed by atoms with E-state index in [9.17, 15) is 24.0 Å². The van der Waals surface area contributed by atoms with Gasteiger partial charge < -0.3 is 49.7 Å². The molecule has 10 aromatic rings. The minimum absolute atomic E-state index is 0.0609. The minimum Gasteiger partial charge on any atom is -0.469 e. The molecule has 6 N–H and O–H groups in total. The van der Waals surface area contributed by atoms with Crippen molar-refractivity contribution >= 4 is 98.7 Å². The number of aryl methyl sites for hydroxylation is 3. The Bertz CT molecular complexity index is 4480. The van der Waals surface area contributed by atoms with Gasteiger partial charge in [-0.25, -0.2) is 24.9 Å². The second kappa shape index (κ2) is 23.1. The number of ether oxygens (including phenoxy) is 1. The summed E-state index contributed by atoms with van der Waals surface area (Å²) in [6.07, 6.45) is 17.3. The van der Waals surface area contributed by atoms with Gasteiger partial charge in [-0.2, -0.15) is 0 Å². The van der Waals surface area contributed by atoms with Crippen molar-refractivity contribution in [2.45, 2.75) is 19.3 Å². The van der Waals surface area contributed by atoms with E-state index < -0.39 is 5.97 Å². The molecule has 0 fully saturated rings. The lowest BCUT2D eigenvalue weighted by Crippen LogP contribution is -2.16. The average Bonchev–Trinajstić information content (AvgIpc) is 2.21. The van der Waals surface area contributed by atoms with E-state index in [4.69, 9.17) is 14.7 Å². The van der Waals surface area contributed by atoms with Crippen LogP contribution in [0.15, 0.2) is 159 Å². The molecule has 20 heteroatoms. The molecule has 8 bridgehead atoms. The predicted molar refractivity (Wildman–Crippen MR) is 329 cm³/mol. The van der Waals surface area contributed by atoms with Gasteiger partial charge in [-0.15, -0.1) is 0 Å². The van der Waals surface area contributed by atoms with Gasteiger partial charge in [0.1, 0.15) is 17.1 Å². The molecule has 4 amide bonds. The van der Waals surface area contributed by atoms with E-state index in [0.717, 1.165) is 0 Å². The maximum absolute atomic E-state index is 14.1. The highest BCUT2D eigenvalue weighted by Crippen LogP contribution is 2.43. The lowest BCUT2D eigenvalue weighted by atomic mass is 10.0. The Labute approximate surface area is 486 Å². The van der Waals surface area contributed by atoms with Crippen molar-refractivity contribution in [1.82, 2.24) is 48.6 Å². The van der Waals surface area contributed by atoms with Gasteiger partial charge in [-0.3, -0.25) is 24.0 Å². The fourth-order valence-electron chi connectivity index (χ4n) is 10.6. The molecule has 4 aromatic carbocycles. The van der Waals surface area contributed by atoms with Gasteiger partial charge in [0.2, 0.25) is 5.91 Å². The van der Waals surface area contributed by atoms with Crippen molar-refractivity contribution in [1.29, 1.82) is 0 Å². The maximum atomic E-state index is 14.1. The summed E-state index contributed by atoms with van der Waals surface area (Å²) in [5, 5.41) is 12.6. The van der Waals surface area contributed by atoms with Gasteiger partial charge >= 0.3 is 5.97 Å². The van der Waals surface area contributed by atoms with E-state index in [0.29, 0.717) is 129 Å². The lowest BCUT2D eigenvalue weighted by molar-refractivity contribution is -0.140. The SMILES string of the molecule is COC(=O)CCCC(=O)Nc1ccccc1-c1c2nc(c(-c3ccccc3NC(=O)c3cncn3C)c3ccc([nH]3)c(-c3ccccc3NC(=O)c3cncn3C)c3nc(c(-c4ccccc4NC(=O)c4cncn4C)c4ccc1[nH]4)C=C3)C=C2. The van der Waals surface area contributed by atoms with Gasteiger partial charge in [0, 0.05) is 123 Å². The number of imidazole rings is 3. The summed E-state index contributed by atoms with van der Waals surface area (Å²) < 4.78 is 9.77. The molecule has 12 rings (SSSR count). The Morgan fingerprint density at radius 3 is 1.02 bits per heavy atom. The number of anilines is 4. The Morgan fingerprint density at radius 2 is 0.729 bits per heavy atom. The molecule has 0 saturated carbocycles. The maximum Gasteiger partial charge on any atom is 0.305 e. The smallest absolute Gasteiger partial charge is 0.305 e. The number of methoxy groups -OCH3 is 1. The lowest BCUT2D eigenvalue weighted by Gasteiger charge is -2.14. The second-order valence-corrected chi connectivity index (χ2v) is 20.2. The van der Waals surface area contributed by atoms with Gasteiger partial charge in [0.05, 0.1) is 67.5 Å². The zero-order chi connectivity index (χ0) is 58.7. The van der Waals surface area contributed by atoms with E-state index in [1.165, 1.54) is 25.7 Å². The fourth-order valence-corrected chi connectivity index (χ4v) is 10.6. The number of nitrogens with zero attached hydrogens (tertiary/aromatic N) is 8. The fraction of sp³-hybridized carbons (Fsp3) is 0.108. The van der Waals surface area contributed by atoms with Gasteiger partial charge in [-0.05, 0) is 79.3 Å². The zero-order valence-electron chi connectivity index (χ0n) is 46.5. The molecule has 6 aromatic heterocycles. The summed E-state index contributed by atoms with van der Waals surface area (Å²) in [5.41, 5.74) is 12.6. The predicted octanol–water partition coefficient (Wildman–Crippen LogP) is 11.6. The number of rotatable bonds is 15. The number of esters is 1. The molecule has 0 spiro atoms. The molecule has 0 radical (unpaired) electrons. The van der Waals surface area contributed by atoms with Crippen LogP contribution in [0.1, 0.15) is 73.5 Å². The molecule has 420 valence electrons. The van der Waals surface area contributed by atoms with Crippen LogP contribution in [0.4, 0.5) is 22.7 Å². The first-order valence-corrected chi connectivity index (χ1v) is 27.1. The number of fused-ring (bicyclic) bond motifs is 8. The Kier molecular flexibility index (Phi) is 14.7. The number of carbonyl (C=O) groups is 5. The summed E-state index contributed by atoms with van der Waals surface area (Å²) in [5.74, 6) is -1.83. The third-order valence-electron chi connectivity index (χ3n) is 14.7. The first-order chi connectivity index (χ1) is 41.4. The van der Waals surface area contributed by atoms with E-state index in [-0.39, 0.29) is 42.9 Å². The Hall–Kier alpha value is -11.5. The van der Waals surface area contributed by atoms with E-state index >= 15 is 0 Å². The molecule has 2 aliphatic rings. The number of amides is 4. The van der Waals surface area contributed by atoms with Gasteiger partial charge in [0.15, 0.2) is 0 Å². The van der Waals surface area contributed by atoms with Crippen LogP contribution < -0.4 is 21.3 Å². The van der Waals surface area contributed by atoms with Crippen LogP contribution in [0.2, 0.25) is 0 Å². The van der Waals surface area contributed by atoms with Crippen molar-refractivity contribution < 1.29 is 28.7 Å². The number of aromatic amines is 2. The number of benzene rings is 4. The summed E-state index contributed by atoms with van der Waals surface area (Å²) in [6.45, 7) is 0. The number of hydrogen-bond acceptors (Lipinski definition) is 11.